The van der Waals surface area contributed by atoms with Crippen LogP contribution in [-0.2, 0) is 42.6 Å². The average molecular weight is 532 g/mol. The topological polar surface area (TPSA) is 84.5 Å². The summed E-state index contributed by atoms with van der Waals surface area (Å²) in [6, 6.07) is 3.42. The molecular weight excluding hydrogens is 504 g/mol. The highest BCUT2D eigenvalue weighted by atomic mass is 79.9. The molecular formula is C21H28Br2N2O4. The molecule has 0 heterocycles. The maximum atomic E-state index is 13.3. The summed E-state index contributed by atoms with van der Waals surface area (Å²) < 4.78 is 4.86. The quantitative estimate of drug-likeness (QED) is 0.398. The number of halogens is 2. The van der Waals surface area contributed by atoms with Crippen molar-refractivity contribution >= 4 is 49.6 Å². The number of hydrogen-bond donors (Lipinski definition) is 2. The second-order valence-electron chi connectivity index (χ2n) is 7.95. The lowest BCUT2D eigenvalue weighted by atomic mass is 9.93. The van der Waals surface area contributed by atoms with Crippen LogP contribution >= 0.6 is 31.9 Å². The lowest BCUT2D eigenvalue weighted by Gasteiger charge is -2.30. The van der Waals surface area contributed by atoms with Gasteiger partial charge in [0.2, 0.25) is 11.8 Å². The molecule has 0 fully saturated rings. The van der Waals surface area contributed by atoms with Crippen molar-refractivity contribution in [2.45, 2.75) is 62.3 Å². The van der Waals surface area contributed by atoms with E-state index in [1.54, 1.807) is 0 Å². The molecule has 8 heteroatoms. The van der Waals surface area contributed by atoms with Crippen LogP contribution in [-0.4, -0.2) is 36.5 Å². The van der Waals surface area contributed by atoms with Gasteiger partial charge >= 0.3 is 5.97 Å². The third-order valence-corrected chi connectivity index (χ3v) is 6.35. The summed E-state index contributed by atoms with van der Waals surface area (Å²) in [6.07, 6.45) is 1.22. The molecule has 1 atom stereocenters. The van der Waals surface area contributed by atoms with Gasteiger partial charge in [0, 0.05) is 30.4 Å². The molecule has 2 rings (SSSR count). The largest absolute Gasteiger partial charge is 0.467 e. The van der Waals surface area contributed by atoms with E-state index < -0.39 is 17.6 Å². The molecule has 2 amide bonds. The van der Waals surface area contributed by atoms with Gasteiger partial charge in [0.15, 0.2) is 0 Å². The molecule has 6 nitrogen and oxygen atoms in total. The van der Waals surface area contributed by atoms with Crippen molar-refractivity contribution in [3.63, 3.8) is 0 Å². The van der Waals surface area contributed by atoms with Gasteiger partial charge in [-0.2, -0.15) is 0 Å². The highest BCUT2D eigenvalue weighted by Crippen LogP contribution is 2.34. The number of hydrogen-bond acceptors (Lipinski definition) is 4. The van der Waals surface area contributed by atoms with Gasteiger partial charge in [-0.1, -0.05) is 57.8 Å². The SMILES string of the molecule is COC(=O)C(CC(C)C)NC(=O)C1(NC(C)=O)Cc2cc(CBr)c(CBr)cc2C1. The van der Waals surface area contributed by atoms with E-state index in [4.69, 9.17) is 4.74 Å². The third kappa shape index (κ3) is 5.60. The summed E-state index contributed by atoms with van der Waals surface area (Å²) in [5.74, 6) is -0.933. The van der Waals surface area contributed by atoms with Crippen LogP contribution in [0.5, 0.6) is 0 Å². The molecule has 0 radical (unpaired) electrons. The molecule has 0 bridgehead atoms. The van der Waals surface area contributed by atoms with Crippen molar-refractivity contribution in [2.75, 3.05) is 7.11 Å². The Morgan fingerprint density at radius 2 is 1.62 bits per heavy atom. The van der Waals surface area contributed by atoms with Gasteiger partial charge in [-0.15, -0.1) is 0 Å². The van der Waals surface area contributed by atoms with E-state index in [0.29, 0.717) is 29.9 Å². The molecule has 1 unspecified atom stereocenters. The predicted molar refractivity (Wildman–Crippen MR) is 119 cm³/mol. The highest BCUT2D eigenvalue weighted by Gasteiger charge is 2.46. The molecule has 160 valence electrons. The summed E-state index contributed by atoms with van der Waals surface area (Å²) >= 11 is 7.03. The Labute approximate surface area is 188 Å². The van der Waals surface area contributed by atoms with Crippen molar-refractivity contribution in [3.8, 4) is 0 Å². The van der Waals surface area contributed by atoms with Gasteiger partial charge in [-0.05, 0) is 34.6 Å². The van der Waals surface area contributed by atoms with E-state index >= 15 is 0 Å². The predicted octanol–water partition coefficient (Wildman–Crippen LogP) is 3.15. The second-order valence-corrected chi connectivity index (χ2v) is 9.07. The Bertz CT molecular complexity index is 762. The Hall–Kier alpha value is -1.41. The number of ether oxygens (including phenoxy) is 1. The van der Waals surface area contributed by atoms with Crippen molar-refractivity contribution in [2.24, 2.45) is 5.92 Å². The van der Waals surface area contributed by atoms with Crippen LogP contribution in [0.2, 0.25) is 0 Å². The van der Waals surface area contributed by atoms with E-state index in [1.807, 2.05) is 13.8 Å². The Morgan fingerprint density at radius 3 is 2.00 bits per heavy atom. The second kappa shape index (κ2) is 10.1. The number of amides is 2. The molecule has 29 heavy (non-hydrogen) atoms. The fourth-order valence-corrected chi connectivity index (χ4v) is 4.89. The molecule has 1 aliphatic carbocycles. The molecule has 2 N–H and O–H groups in total. The molecule has 0 aromatic heterocycles. The highest BCUT2D eigenvalue weighted by molar-refractivity contribution is 9.09. The lowest BCUT2D eigenvalue weighted by Crippen LogP contribution is -2.61. The molecule has 0 saturated carbocycles. The number of methoxy groups -OCH3 is 1. The van der Waals surface area contributed by atoms with Crippen LogP contribution in [0.25, 0.3) is 0 Å². The number of benzene rings is 1. The lowest BCUT2D eigenvalue weighted by molar-refractivity contribution is -0.146. The van der Waals surface area contributed by atoms with Gasteiger partial charge in [0.1, 0.15) is 11.6 Å². The van der Waals surface area contributed by atoms with Crippen LogP contribution in [0.3, 0.4) is 0 Å². The summed E-state index contributed by atoms with van der Waals surface area (Å²) in [5, 5.41) is 7.11. The number of alkyl halides is 2. The van der Waals surface area contributed by atoms with Crippen LogP contribution in [0, 0.1) is 5.92 Å². The van der Waals surface area contributed by atoms with Crippen molar-refractivity contribution < 1.29 is 19.1 Å². The maximum absolute atomic E-state index is 13.3. The van der Waals surface area contributed by atoms with Gasteiger partial charge in [0.25, 0.3) is 0 Å². The van der Waals surface area contributed by atoms with Gasteiger partial charge in [-0.25, -0.2) is 4.79 Å². The zero-order valence-electron chi connectivity index (χ0n) is 17.2. The summed E-state index contributed by atoms with van der Waals surface area (Å²) in [7, 11) is 1.31. The fraction of sp³-hybridized carbons (Fsp3) is 0.571. The van der Waals surface area contributed by atoms with Gasteiger partial charge < -0.3 is 15.4 Å². The Balaban J connectivity index is 2.36. The maximum Gasteiger partial charge on any atom is 0.328 e. The first-order valence-corrected chi connectivity index (χ1v) is 11.8. The van der Waals surface area contributed by atoms with E-state index in [1.165, 1.54) is 14.0 Å². The third-order valence-electron chi connectivity index (χ3n) is 5.14. The minimum Gasteiger partial charge on any atom is -0.467 e. The van der Waals surface area contributed by atoms with E-state index in [9.17, 15) is 14.4 Å². The molecule has 1 aromatic carbocycles. The molecule has 1 aromatic rings. The number of esters is 1. The number of fused-ring (bicyclic) bond motifs is 1. The summed E-state index contributed by atoms with van der Waals surface area (Å²) in [5.41, 5.74) is 3.24. The van der Waals surface area contributed by atoms with Gasteiger partial charge in [0.05, 0.1) is 7.11 Å². The number of carbonyl (C=O) groups is 3. The van der Waals surface area contributed by atoms with E-state index in [-0.39, 0.29) is 17.7 Å². The first kappa shape index (κ1) is 23.9. The number of nitrogens with one attached hydrogen (secondary N) is 2. The van der Waals surface area contributed by atoms with Gasteiger partial charge in [-0.3, -0.25) is 9.59 Å². The molecule has 0 spiro atoms. The first-order valence-electron chi connectivity index (χ1n) is 9.58. The minimum atomic E-state index is -1.12. The zero-order chi connectivity index (χ0) is 21.8. The number of rotatable bonds is 8. The minimum absolute atomic E-state index is 0.194. The monoisotopic (exact) mass is 530 g/mol. The first-order chi connectivity index (χ1) is 13.7. The van der Waals surface area contributed by atoms with E-state index in [0.717, 1.165) is 22.3 Å². The Kier molecular flexibility index (Phi) is 8.28. The summed E-state index contributed by atoms with van der Waals surface area (Å²) in [4.78, 5) is 37.5. The molecule has 0 aliphatic heterocycles. The van der Waals surface area contributed by atoms with Crippen molar-refractivity contribution in [3.05, 3.63) is 34.4 Å². The average Bonchev–Trinajstić information content (AvgIpc) is 3.02. The van der Waals surface area contributed by atoms with E-state index in [2.05, 4.69) is 54.6 Å². The zero-order valence-corrected chi connectivity index (χ0v) is 20.4. The normalized spacial score (nSPS) is 15.6. The smallest absolute Gasteiger partial charge is 0.328 e. The molecule has 1 aliphatic rings. The fourth-order valence-electron chi connectivity index (χ4n) is 3.85. The standard InChI is InChI=1S/C21H28Br2N2O4/c1-12(2)5-18(19(27)29-4)24-20(28)21(25-13(3)26)8-14-6-16(10-22)17(11-23)7-15(14)9-21/h6-7,12,18H,5,8-11H2,1-4H3,(H,24,28)(H,25,26). The summed E-state index contributed by atoms with van der Waals surface area (Å²) in [6.45, 7) is 5.35. The van der Waals surface area contributed by atoms with Crippen LogP contribution in [0.4, 0.5) is 0 Å². The van der Waals surface area contributed by atoms with Crippen LogP contribution in [0.1, 0.15) is 49.4 Å². The molecule has 0 saturated heterocycles. The van der Waals surface area contributed by atoms with Crippen LogP contribution in [0.15, 0.2) is 12.1 Å². The Morgan fingerprint density at radius 1 is 1.10 bits per heavy atom. The van der Waals surface area contributed by atoms with Crippen molar-refractivity contribution in [1.82, 2.24) is 10.6 Å². The van der Waals surface area contributed by atoms with Crippen LogP contribution < -0.4 is 10.6 Å². The number of carbonyl (C=O) groups excluding carboxylic acids is 3. The van der Waals surface area contributed by atoms with Crippen molar-refractivity contribution in [1.29, 1.82) is 0 Å².